The molecule has 2 aliphatic rings. The molecule has 0 spiro atoms. The van der Waals surface area contributed by atoms with E-state index in [2.05, 4.69) is 10.3 Å². The van der Waals surface area contributed by atoms with Crippen LogP contribution in [0.3, 0.4) is 0 Å². The summed E-state index contributed by atoms with van der Waals surface area (Å²) in [5, 5.41) is 3.15. The summed E-state index contributed by atoms with van der Waals surface area (Å²) in [5.74, 6) is 0.307. The predicted molar refractivity (Wildman–Crippen MR) is 113 cm³/mol. The van der Waals surface area contributed by atoms with Gasteiger partial charge in [-0.15, -0.1) is 0 Å². The molecule has 2 aliphatic heterocycles. The highest BCUT2D eigenvalue weighted by Gasteiger charge is 2.49. The fourth-order valence-electron chi connectivity index (χ4n) is 3.90. The molecule has 2 atom stereocenters. The number of aromatic nitrogens is 1. The normalized spacial score (nSPS) is 20.5. The van der Waals surface area contributed by atoms with Crippen LogP contribution in [0.1, 0.15) is 23.2 Å². The fourth-order valence-corrected chi connectivity index (χ4v) is 4.08. The van der Waals surface area contributed by atoms with Gasteiger partial charge >= 0.3 is 6.03 Å². The van der Waals surface area contributed by atoms with Crippen molar-refractivity contribution in [3.63, 3.8) is 0 Å². The van der Waals surface area contributed by atoms with Crippen molar-refractivity contribution in [2.75, 3.05) is 25.7 Å². The van der Waals surface area contributed by atoms with Crippen LogP contribution in [0.4, 0.5) is 10.5 Å². The van der Waals surface area contributed by atoms with Crippen LogP contribution in [0.2, 0.25) is 5.15 Å². The maximum atomic E-state index is 13.1. The summed E-state index contributed by atoms with van der Waals surface area (Å²) in [6, 6.07) is 6.65. The summed E-state index contributed by atoms with van der Waals surface area (Å²) in [6.45, 7) is 0.356. The van der Waals surface area contributed by atoms with Crippen molar-refractivity contribution < 1.29 is 23.9 Å². The van der Waals surface area contributed by atoms with Crippen LogP contribution in [-0.2, 0) is 4.79 Å². The monoisotopic (exact) mass is 444 g/mol. The van der Waals surface area contributed by atoms with Gasteiger partial charge in [-0.25, -0.2) is 14.7 Å². The number of amides is 4. The highest BCUT2D eigenvalue weighted by Crippen LogP contribution is 2.35. The van der Waals surface area contributed by atoms with E-state index in [0.29, 0.717) is 42.1 Å². The summed E-state index contributed by atoms with van der Waals surface area (Å²) in [4.78, 5) is 45.2. The zero-order valence-electron chi connectivity index (χ0n) is 17.0. The van der Waals surface area contributed by atoms with Crippen LogP contribution in [0.5, 0.6) is 11.5 Å². The number of carbonyl (C=O) groups is 3. The van der Waals surface area contributed by atoms with Gasteiger partial charge in [-0.3, -0.25) is 9.59 Å². The lowest BCUT2D eigenvalue weighted by molar-refractivity contribution is -0.120. The second-order valence-corrected chi connectivity index (χ2v) is 7.69. The first-order chi connectivity index (χ1) is 14.9. The number of piperidine rings is 1. The number of hydrogen-bond donors (Lipinski definition) is 1. The Hall–Kier alpha value is -3.33. The smallest absolute Gasteiger partial charge is 0.332 e. The number of nitrogens with one attached hydrogen (secondary N) is 1. The Bertz CT molecular complexity index is 1020. The molecule has 9 nitrogen and oxygen atoms in total. The summed E-state index contributed by atoms with van der Waals surface area (Å²) >= 11 is 5.85. The predicted octanol–water partition coefficient (Wildman–Crippen LogP) is 2.48. The molecule has 162 valence electrons. The molecule has 0 bridgehead atoms. The summed E-state index contributed by atoms with van der Waals surface area (Å²) in [5.41, 5.74) is 0.772. The molecule has 4 rings (SSSR count). The van der Waals surface area contributed by atoms with Gasteiger partial charge in [-0.05, 0) is 25.0 Å². The number of benzene rings is 1. The van der Waals surface area contributed by atoms with Crippen molar-refractivity contribution in [2.45, 2.75) is 24.9 Å². The van der Waals surface area contributed by atoms with E-state index in [1.165, 1.54) is 26.5 Å². The Labute approximate surface area is 183 Å². The minimum absolute atomic E-state index is 0.225. The fraction of sp³-hybridized carbons (Fsp3) is 0.333. The molecule has 0 aliphatic carbocycles. The lowest BCUT2D eigenvalue weighted by Crippen LogP contribution is -2.49. The van der Waals surface area contributed by atoms with Gasteiger partial charge in [-0.1, -0.05) is 11.6 Å². The highest BCUT2D eigenvalue weighted by molar-refractivity contribution is 6.29. The van der Waals surface area contributed by atoms with Gasteiger partial charge in [0, 0.05) is 42.5 Å². The number of nitrogens with zero attached hydrogens (tertiary/aromatic N) is 3. The lowest BCUT2D eigenvalue weighted by atomic mass is 9.97. The standard InChI is InChI=1S/C21H21ClN4O5/c1-30-15-9-14(10-16(11-15)31-2)26-20(28)17-8-13(4-6-25(17)21(26)29)24-19(27)12-3-5-23-18(22)7-12/h3,5,7,9-11,13,17H,4,6,8H2,1-2H3,(H,24,27). The van der Waals surface area contributed by atoms with E-state index in [9.17, 15) is 14.4 Å². The maximum Gasteiger partial charge on any atom is 0.332 e. The molecule has 1 N–H and O–H groups in total. The number of pyridine rings is 1. The first-order valence-electron chi connectivity index (χ1n) is 9.71. The van der Waals surface area contributed by atoms with E-state index in [0.717, 1.165) is 4.90 Å². The molecule has 31 heavy (non-hydrogen) atoms. The van der Waals surface area contributed by atoms with Gasteiger partial charge in [-0.2, -0.15) is 0 Å². The molecule has 3 heterocycles. The number of rotatable bonds is 5. The second kappa shape index (κ2) is 8.43. The minimum Gasteiger partial charge on any atom is -0.497 e. The van der Waals surface area contributed by atoms with Crippen molar-refractivity contribution in [3.05, 3.63) is 47.2 Å². The molecule has 1 aromatic carbocycles. The molecule has 0 radical (unpaired) electrons. The average molecular weight is 445 g/mol. The number of halogens is 1. The Morgan fingerprint density at radius 1 is 1.16 bits per heavy atom. The van der Waals surface area contributed by atoms with Gasteiger partial charge in [0.1, 0.15) is 22.7 Å². The Morgan fingerprint density at radius 2 is 1.87 bits per heavy atom. The molecule has 2 fully saturated rings. The van der Waals surface area contributed by atoms with Gasteiger partial charge in [0.05, 0.1) is 19.9 Å². The number of ether oxygens (including phenoxy) is 2. The number of imide groups is 1. The third kappa shape index (κ3) is 4.00. The molecule has 0 saturated carbocycles. The number of fused-ring (bicyclic) bond motifs is 1. The van der Waals surface area contributed by atoms with Crippen LogP contribution in [-0.4, -0.2) is 60.6 Å². The van der Waals surface area contributed by atoms with E-state index in [1.54, 1.807) is 29.2 Å². The first kappa shape index (κ1) is 20.9. The number of carbonyl (C=O) groups excluding carboxylic acids is 3. The molecule has 2 unspecified atom stereocenters. The topological polar surface area (TPSA) is 101 Å². The van der Waals surface area contributed by atoms with Gasteiger partial charge in [0.15, 0.2) is 0 Å². The lowest BCUT2D eigenvalue weighted by Gasteiger charge is -2.32. The molecule has 4 amide bonds. The summed E-state index contributed by atoms with van der Waals surface area (Å²) < 4.78 is 10.5. The maximum absolute atomic E-state index is 13.1. The largest absolute Gasteiger partial charge is 0.497 e. The number of urea groups is 1. The summed E-state index contributed by atoms with van der Waals surface area (Å²) in [6.07, 6.45) is 2.32. The van der Waals surface area contributed by atoms with Crippen LogP contribution in [0.25, 0.3) is 0 Å². The zero-order chi connectivity index (χ0) is 22.1. The number of methoxy groups -OCH3 is 2. The van der Waals surface area contributed by atoms with Crippen molar-refractivity contribution in [1.29, 1.82) is 0 Å². The molecule has 10 heteroatoms. The van der Waals surface area contributed by atoms with Crippen LogP contribution in [0, 0.1) is 0 Å². The third-order valence-electron chi connectivity index (χ3n) is 5.46. The quantitative estimate of drug-likeness (QED) is 0.561. The minimum atomic E-state index is -0.648. The van der Waals surface area contributed by atoms with E-state index in [1.807, 2.05) is 0 Å². The van der Waals surface area contributed by atoms with Crippen LogP contribution >= 0.6 is 11.6 Å². The van der Waals surface area contributed by atoms with E-state index in [4.69, 9.17) is 21.1 Å². The molecule has 2 saturated heterocycles. The SMILES string of the molecule is COc1cc(OC)cc(N2C(=O)C3CC(NC(=O)c4ccnc(Cl)c4)CCN3C2=O)c1. The van der Waals surface area contributed by atoms with E-state index in [-0.39, 0.29) is 23.0 Å². The van der Waals surface area contributed by atoms with E-state index >= 15 is 0 Å². The first-order valence-corrected chi connectivity index (χ1v) is 10.1. The van der Waals surface area contributed by atoms with Crippen molar-refractivity contribution in [2.24, 2.45) is 0 Å². The molecule has 2 aromatic rings. The van der Waals surface area contributed by atoms with Crippen molar-refractivity contribution in [1.82, 2.24) is 15.2 Å². The molecule has 1 aromatic heterocycles. The molecular formula is C21H21ClN4O5. The number of anilines is 1. The summed E-state index contributed by atoms with van der Waals surface area (Å²) in [7, 11) is 3.00. The van der Waals surface area contributed by atoms with Gasteiger partial charge in [0.2, 0.25) is 0 Å². The van der Waals surface area contributed by atoms with Crippen LogP contribution in [0.15, 0.2) is 36.5 Å². The second-order valence-electron chi connectivity index (χ2n) is 7.30. The Morgan fingerprint density at radius 3 is 2.52 bits per heavy atom. The average Bonchev–Trinajstić information content (AvgIpc) is 3.02. The Balaban J connectivity index is 1.51. The van der Waals surface area contributed by atoms with Crippen LogP contribution < -0.4 is 19.7 Å². The van der Waals surface area contributed by atoms with Crippen molar-refractivity contribution in [3.8, 4) is 11.5 Å². The van der Waals surface area contributed by atoms with E-state index < -0.39 is 12.1 Å². The van der Waals surface area contributed by atoms with Gasteiger partial charge in [0.25, 0.3) is 11.8 Å². The molecular weight excluding hydrogens is 424 g/mol. The third-order valence-corrected chi connectivity index (χ3v) is 5.67. The highest BCUT2D eigenvalue weighted by atomic mass is 35.5. The van der Waals surface area contributed by atoms with Crippen molar-refractivity contribution >= 4 is 35.1 Å². The number of hydrogen-bond acceptors (Lipinski definition) is 6. The zero-order valence-corrected chi connectivity index (χ0v) is 17.8. The van der Waals surface area contributed by atoms with Gasteiger partial charge < -0.3 is 19.7 Å². The Kier molecular flexibility index (Phi) is 5.69.